The summed E-state index contributed by atoms with van der Waals surface area (Å²) in [4.78, 5) is 24.1. The first-order valence-corrected chi connectivity index (χ1v) is 8.73. The summed E-state index contributed by atoms with van der Waals surface area (Å²) >= 11 is 1.77. The molecule has 1 aliphatic rings. The van der Waals surface area contributed by atoms with E-state index >= 15 is 0 Å². The van der Waals surface area contributed by atoms with E-state index in [2.05, 4.69) is 26.6 Å². The van der Waals surface area contributed by atoms with Crippen LogP contribution in [0.5, 0.6) is 0 Å². The largest absolute Gasteiger partial charge is 0.339 e. The highest BCUT2D eigenvalue weighted by Crippen LogP contribution is 2.24. The van der Waals surface area contributed by atoms with Gasteiger partial charge in [-0.1, -0.05) is 5.16 Å². The molecule has 0 N–H and O–H groups in total. The number of carbonyl (C=O) groups is 1. The van der Waals surface area contributed by atoms with Crippen molar-refractivity contribution < 1.29 is 9.32 Å². The van der Waals surface area contributed by atoms with Crippen molar-refractivity contribution >= 4 is 17.2 Å². The highest BCUT2D eigenvalue weighted by molar-refractivity contribution is 7.10. The number of hydrogen-bond acceptors (Lipinski definition) is 6. The van der Waals surface area contributed by atoms with Gasteiger partial charge in [0, 0.05) is 48.8 Å². The SMILES string of the molecule is O=C(CCc1nc(-c2cccnc2)no1)N1CCc2sccc2C1. The third-order valence-corrected chi connectivity index (χ3v) is 5.12. The maximum Gasteiger partial charge on any atom is 0.227 e. The van der Waals surface area contributed by atoms with Gasteiger partial charge in [0.05, 0.1) is 0 Å². The zero-order valence-electron chi connectivity index (χ0n) is 13.0. The topological polar surface area (TPSA) is 72.1 Å². The Bertz CT molecular complexity index is 843. The van der Waals surface area contributed by atoms with Crippen LogP contribution in [0.3, 0.4) is 0 Å². The van der Waals surface area contributed by atoms with Crippen LogP contribution >= 0.6 is 11.3 Å². The number of amides is 1. The fourth-order valence-corrected chi connectivity index (χ4v) is 3.69. The predicted molar refractivity (Wildman–Crippen MR) is 89.3 cm³/mol. The summed E-state index contributed by atoms with van der Waals surface area (Å²) in [5.74, 6) is 1.12. The normalized spacial score (nSPS) is 13.8. The first-order valence-electron chi connectivity index (χ1n) is 7.85. The van der Waals surface area contributed by atoms with Crippen LogP contribution in [0, 0.1) is 0 Å². The van der Waals surface area contributed by atoms with Gasteiger partial charge in [-0.05, 0) is 35.6 Å². The molecule has 4 heterocycles. The van der Waals surface area contributed by atoms with Crippen molar-refractivity contribution in [1.82, 2.24) is 20.0 Å². The molecule has 0 aliphatic carbocycles. The fraction of sp³-hybridized carbons (Fsp3) is 0.294. The van der Waals surface area contributed by atoms with Gasteiger partial charge in [-0.2, -0.15) is 4.98 Å². The standard InChI is InChI=1S/C17H16N4O2S/c22-16(21-8-5-14-13(11-21)6-9-24-14)4-3-15-19-17(20-23-15)12-2-1-7-18-10-12/h1-2,6-7,9-10H,3-5,8,11H2. The maximum atomic E-state index is 12.4. The number of carbonyl (C=O) groups excluding carboxylic acids is 1. The third-order valence-electron chi connectivity index (χ3n) is 4.10. The van der Waals surface area contributed by atoms with Gasteiger partial charge in [0.1, 0.15) is 0 Å². The van der Waals surface area contributed by atoms with Crippen molar-refractivity contribution in [2.24, 2.45) is 0 Å². The minimum Gasteiger partial charge on any atom is -0.339 e. The molecule has 0 atom stereocenters. The monoisotopic (exact) mass is 340 g/mol. The Hall–Kier alpha value is -2.54. The second-order valence-corrected chi connectivity index (χ2v) is 6.69. The van der Waals surface area contributed by atoms with Gasteiger partial charge in [-0.3, -0.25) is 9.78 Å². The van der Waals surface area contributed by atoms with Crippen LogP contribution in [0.1, 0.15) is 22.8 Å². The molecule has 0 saturated heterocycles. The van der Waals surface area contributed by atoms with Crippen LogP contribution in [0.2, 0.25) is 0 Å². The predicted octanol–water partition coefficient (Wildman–Crippen LogP) is 2.71. The molecule has 24 heavy (non-hydrogen) atoms. The van der Waals surface area contributed by atoms with E-state index in [1.165, 1.54) is 10.4 Å². The third kappa shape index (κ3) is 3.07. The van der Waals surface area contributed by atoms with Crippen LogP contribution in [0.15, 0.2) is 40.5 Å². The molecule has 0 unspecified atom stereocenters. The summed E-state index contributed by atoms with van der Waals surface area (Å²) in [5.41, 5.74) is 2.08. The van der Waals surface area contributed by atoms with Gasteiger partial charge < -0.3 is 9.42 Å². The molecule has 0 aromatic carbocycles. The molecular formula is C17H16N4O2S. The number of rotatable bonds is 4. The van der Waals surface area contributed by atoms with E-state index in [9.17, 15) is 4.79 Å². The summed E-state index contributed by atoms with van der Waals surface area (Å²) in [7, 11) is 0. The zero-order valence-corrected chi connectivity index (χ0v) is 13.8. The van der Waals surface area contributed by atoms with E-state index in [1.807, 2.05) is 17.0 Å². The molecule has 3 aromatic heterocycles. The van der Waals surface area contributed by atoms with Crippen LogP contribution in [-0.4, -0.2) is 32.5 Å². The molecule has 6 nitrogen and oxygen atoms in total. The van der Waals surface area contributed by atoms with Crippen molar-refractivity contribution in [2.45, 2.75) is 25.8 Å². The van der Waals surface area contributed by atoms with E-state index in [4.69, 9.17) is 4.52 Å². The molecule has 122 valence electrons. The average Bonchev–Trinajstić information content (AvgIpc) is 3.29. The van der Waals surface area contributed by atoms with E-state index in [-0.39, 0.29) is 5.91 Å². The smallest absolute Gasteiger partial charge is 0.227 e. The number of nitrogens with zero attached hydrogens (tertiary/aromatic N) is 4. The van der Waals surface area contributed by atoms with Gasteiger partial charge in [-0.15, -0.1) is 11.3 Å². The van der Waals surface area contributed by atoms with Gasteiger partial charge >= 0.3 is 0 Å². The zero-order chi connectivity index (χ0) is 16.4. The summed E-state index contributed by atoms with van der Waals surface area (Å²) in [5, 5.41) is 6.04. The lowest BCUT2D eigenvalue weighted by molar-refractivity contribution is -0.132. The van der Waals surface area contributed by atoms with Crippen molar-refractivity contribution in [1.29, 1.82) is 0 Å². The second-order valence-electron chi connectivity index (χ2n) is 5.69. The van der Waals surface area contributed by atoms with Crippen molar-refractivity contribution in [3.63, 3.8) is 0 Å². The number of thiophene rings is 1. The van der Waals surface area contributed by atoms with Crippen LogP contribution in [0.25, 0.3) is 11.4 Å². The minimum absolute atomic E-state index is 0.132. The number of hydrogen-bond donors (Lipinski definition) is 0. The summed E-state index contributed by atoms with van der Waals surface area (Å²) < 4.78 is 5.24. The van der Waals surface area contributed by atoms with Gasteiger partial charge in [0.15, 0.2) is 0 Å². The Balaban J connectivity index is 1.36. The fourth-order valence-electron chi connectivity index (χ4n) is 2.80. The van der Waals surface area contributed by atoms with E-state index in [0.29, 0.717) is 31.1 Å². The average molecular weight is 340 g/mol. The molecule has 1 aliphatic heterocycles. The number of pyridine rings is 1. The van der Waals surface area contributed by atoms with Crippen LogP contribution in [-0.2, 0) is 24.2 Å². The lowest BCUT2D eigenvalue weighted by Crippen LogP contribution is -2.35. The Labute approximate surface area is 143 Å². The first-order chi connectivity index (χ1) is 11.8. The van der Waals surface area contributed by atoms with Crippen LogP contribution < -0.4 is 0 Å². The minimum atomic E-state index is 0.132. The molecule has 0 radical (unpaired) electrons. The highest BCUT2D eigenvalue weighted by Gasteiger charge is 2.21. The quantitative estimate of drug-likeness (QED) is 0.730. The first kappa shape index (κ1) is 15.0. The lowest BCUT2D eigenvalue weighted by atomic mass is 10.1. The Morgan fingerprint density at radius 2 is 2.33 bits per heavy atom. The molecule has 7 heteroatoms. The summed E-state index contributed by atoms with van der Waals surface area (Å²) in [6.07, 6.45) is 5.17. The number of fused-ring (bicyclic) bond motifs is 1. The molecule has 4 rings (SSSR count). The van der Waals surface area contributed by atoms with Crippen molar-refractivity contribution in [3.8, 4) is 11.4 Å². The molecule has 3 aromatic rings. The van der Waals surface area contributed by atoms with E-state index < -0.39 is 0 Å². The molecule has 0 saturated carbocycles. The number of aromatic nitrogens is 3. The molecule has 0 fully saturated rings. The molecule has 0 bridgehead atoms. The maximum absolute atomic E-state index is 12.4. The van der Waals surface area contributed by atoms with E-state index in [1.54, 1.807) is 23.7 Å². The summed E-state index contributed by atoms with van der Waals surface area (Å²) in [6, 6.07) is 5.81. The Morgan fingerprint density at radius 3 is 3.21 bits per heavy atom. The Morgan fingerprint density at radius 1 is 1.38 bits per heavy atom. The van der Waals surface area contributed by atoms with Gasteiger partial charge in [0.2, 0.25) is 17.6 Å². The molecule has 1 amide bonds. The van der Waals surface area contributed by atoms with E-state index in [0.717, 1.165) is 18.5 Å². The van der Waals surface area contributed by atoms with Crippen LogP contribution in [0.4, 0.5) is 0 Å². The highest BCUT2D eigenvalue weighted by atomic mass is 32.1. The Kier molecular flexibility index (Phi) is 4.08. The van der Waals surface area contributed by atoms with Crippen molar-refractivity contribution in [2.75, 3.05) is 6.54 Å². The van der Waals surface area contributed by atoms with Gasteiger partial charge in [-0.25, -0.2) is 0 Å². The number of aryl methyl sites for hydroxylation is 1. The summed E-state index contributed by atoms with van der Waals surface area (Å²) in [6.45, 7) is 1.50. The molecule has 0 spiro atoms. The van der Waals surface area contributed by atoms with Crippen molar-refractivity contribution in [3.05, 3.63) is 52.3 Å². The lowest BCUT2D eigenvalue weighted by Gasteiger charge is -2.26. The molecular weight excluding hydrogens is 324 g/mol. The second kappa shape index (κ2) is 6.52. The van der Waals surface area contributed by atoms with Gasteiger partial charge in [0.25, 0.3) is 0 Å².